The van der Waals surface area contributed by atoms with E-state index in [4.69, 9.17) is 0 Å². The molecule has 3 atom stereocenters. The standard InChI is InChI=1S/C42H35N5/c1-5-13-30(14-6-1)39-44-40(31-15-7-2-8-16-31)46-41(45-39)33-24-22-28-21-23-29-25-26-36-38(37(29)35(28)27-33)43-42(32-17-9-3-10-18-32)47(36)34-19-11-4-12-20-34/h1-27,39-46H. The molecule has 0 saturated carbocycles. The monoisotopic (exact) mass is 609 g/mol. The number of anilines is 3. The molecule has 0 bridgehead atoms. The first-order chi connectivity index (χ1) is 23.3. The number of rotatable bonds is 5. The van der Waals surface area contributed by atoms with E-state index in [1.165, 1.54) is 55.2 Å². The van der Waals surface area contributed by atoms with E-state index < -0.39 is 0 Å². The average Bonchev–Trinajstić information content (AvgIpc) is 3.56. The van der Waals surface area contributed by atoms with Crippen molar-refractivity contribution in [1.82, 2.24) is 16.0 Å². The summed E-state index contributed by atoms with van der Waals surface area (Å²) in [5.74, 6) is 0. The summed E-state index contributed by atoms with van der Waals surface area (Å²) in [4.78, 5) is 2.43. The number of nitrogens with zero attached hydrogens (tertiary/aromatic N) is 1. The zero-order valence-electron chi connectivity index (χ0n) is 25.8. The highest BCUT2D eigenvalue weighted by molar-refractivity contribution is 6.17. The molecule has 9 rings (SSSR count). The van der Waals surface area contributed by atoms with Crippen molar-refractivity contribution < 1.29 is 0 Å². The molecule has 5 nitrogen and oxygen atoms in total. The molecule has 3 unspecified atom stereocenters. The predicted molar refractivity (Wildman–Crippen MR) is 193 cm³/mol. The summed E-state index contributed by atoms with van der Waals surface area (Å²) in [5.41, 5.74) is 8.35. The molecule has 0 amide bonds. The van der Waals surface area contributed by atoms with Gasteiger partial charge in [0.05, 0.1) is 29.9 Å². The van der Waals surface area contributed by atoms with Crippen LogP contribution < -0.4 is 26.2 Å². The van der Waals surface area contributed by atoms with Crippen LogP contribution >= 0.6 is 0 Å². The Morgan fingerprint density at radius 2 is 0.915 bits per heavy atom. The second-order valence-electron chi connectivity index (χ2n) is 12.4. The molecule has 7 aromatic carbocycles. The first kappa shape index (κ1) is 27.8. The number of benzene rings is 7. The van der Waals surface area contributed by atoms with E-state index in [9.17, 15) is 0 Å². The van der Waals surface area contributed by atoms with Gasteiger partial charge in [0.15, 0.2) is 0 Å². The predicted octanol–water partition coefficient (Wildman–Crippen LogP) is 9.43. The fourth-order valence-corrected chi connectivity index (χ4v) is 7.28. The van der Waals surface area contributed by atoms with Gasteiger partial charge in [-0.15, -0.1) is 0 Å². The van der Waals surface area contributed by atoms with Crippen molar-refractivity contribution in [2.45, 2.75) is 24.7 Å². The molecule has 2 aliphatic rings. The van der Waals surface area contributed by atoms with E-state index in [1.54, 1.807) is 0 Å². The van der Waals surface area contributed by atoms with Gasteiger partial charge in [0.1, 0.15) is 6.17 Å². The molecule has 0 spiro atoms. The zero-order chi connectivity index (χ0) is 31.2. The van der Waals surface area contributed by atoms with Crippen LogP contribution in [0.4, 0.5) is 17.1 Å². The number of hydrogen-bond donors (Lipinski definition) is 4. The van der Waals surface area contributed by atoms with Crippen LogP contribution in [0.5, 0.6) is 0 Å². The molecule has 1 saturated heterocycles. The fourth-order valence-electron chi connectivity index (χ4n) is 7.28. The fraction of sp³-hybridized carbons (Fsp3) is 0.0952. The van der Waals surface area contributed by atoms with Crippen LogP contribution in [0.2, 0.25) is 0 Å². The van der Waals surface area contributed by atoms with Gasteiger partial charge in [-0.3, -0.25) is 16.0 Å². The van der Waals surface area contributed by atoms with E-state index >= 15 is 0 Å². The Morgan fingerprint density at radius 3 is 1.53 bits per heavy atom. The van der Waals surface area contributed by atoms with E-state index in [0.29, 0.717) is 0 Å². The summed E-state index contributed by atoms with van der Waals surface area (Å²) in [6.45, 7) is 0. The molecule has 4 N–H and O–H groups in total. The number of fused-ring (bicyclic) bond motifs is 5. The van der Waals surface area contributed by atoms with E-state index in [2.05, 4.69) is 190 Å². The van der Waals surface area contributed by atoms with Crippen LogP contribution in [0, 0.1) is 0 Å². The highest BCUT2D eigenvalue weighted by Gasteiger charge is 2.33. The highest BCUT2D eigenvalue weighted by Crippen LogP contribution is 2.50. The topological polar surface area (TPSA) is 51.4 Å². The smallest absolute Gasteiger partial charge is 0.130 e. The van der Waals surface area contributed by atoms with Crippen LogP contribution in [-0.2, 0) is 0 Å². The summed E-state index contributed by atoms with van der Waals surface area (Å²) in [5, 5.41) is 20.4. The molecule has 1 fully saturated rings. The molecular formula is C42H35N5. The summed E-state index contributed by atoms with van der Waals surface area (Å²) < 4.78 is 0. The summed E-state index contributed by atoms with van der Waals surface area (Å²) in [6.07, 6.45) is -0.140. The number of nitrogens with one attached hydrogen (secondary N) is 4. The normalized spacial score (nSPS) is 20.6. The largest absolute Gasteiger partial charge is 0.359 e. The number of hydrogen-bond acceptors (Lipinski definition) is 5. The maximum atomic E-state index is 3.98. The molecule has 2 aliphatic heterocycles. The summed E-state index contributed by atoms with van der Waals surface area (Å²) in [6, 6.07) is 58.6. The molecule has 228 valence electrons. The minimum atomic E-state index is -0.0751. The Hall–Kier alpha value is -5.46. The average molecular weight is 610 g/mol. The van der Waals surface area contributed by atoms with Crippen LogP contribution in [0.25, 0.3) is 21.5 Å². The Balaban J connectivity index is 1.18. The van der Waals surface area contributed by atoms with Crippen molar-refractivity contribution in [1.29, 1.82) is 0 Å². The molecule has 47 heavy (non-hydrogen) atoms. The minimum Gasteiger partial charge on any atom is -0.359 e. The SMILES string of the molecule is c1ccc(C2NC(c3ccccc3)NC(c3ccc4ccc5ccc6c(c5c4c3)NC(c3ccccc3)N6c3ccccc3)N2)cc1. The Bertz CT molecular complexity index is 2120. The Morgan fingerprint density at radius 1 is 0.426 bits per heavy atom. The van der Waals surface area contributed by atoms with Crippen molar-refractivity contribution in [2.24, 2.45) is 0 Å². The summed E-state index contributed by atoms with van der Waals surface area (Å²) >= 11 is 0. The van der Waals surface area contributed by atoms with Gasteiger partial charge in [0.2, 0.25) is 0 Å². The first-order valence-electron chi connectivity index (χ1n) is 16.3. The van der Waals surface area contributed by atoms with Gasteiger partial charge < -0.3 is 10.2 Å². The third-order valence-electron chi connectivity index (χ3n) is 9.55. The van der Waals surface area contributed by atoms with E-state index in [-0.39, 0.29) is 24.7 Å². The van der Waals surface area contributed by atoms with Crippen molar-refractivity contribution in [3.63, 3.8) is 0 Å². The van der Waals surface area contributed by atoms with Crippen LogP contribution in [0.1, 0.15) is 46.9 Å². The van der Waals surface area contributed by atoms with Crippen molar-refractivity contribution in [2.75, 3.05) is 10.2 Å². The molecule has 0 radical (unpaired) electrons. The maximum absolute atomic E-state index is 3.98. The summed E-state index contributed by atoms with van der Waals surface area (Å²) in [7, 11) is 0. The third kappa shape index (κ3) is 5.02. The van der Waals surface area contributed by atoms with Gasteiger partial charge in [0.25, 0.3) is 0 Å². The molecule has 2 heterocycles. The van der Waals surface area contributed by atoms with Gasteiger partial charge in [-0.1, -0.05) is 140 Å². The van der Waals surface area contributed by atoms with Crippen LogP contribution in [0.3, 0.4) is 0 Å². The Kier molecular flexibility index (Phi) is 6.94. The second kappa shape index (κ2) is 11.7. The van der Waals surface area contributed by atoms with Crippen LogP contribution in [-0.4, -0.2) is 0 Å². The van der Waals surface area contributed by atoms with Crippen LogP contribution in [0.15, 0.2) is 164 Å². The second-order valence-corrected chi connectivity index (χ2v) is 12.4. The molecule has 7 aromatic rings. The van der Waals surface area contributed by atoms with Gasteiger partial charge in [-0.2, -0.15) is 0 Å². The van der Waals surface area contributed by atoms with E-state index in [1.807, 2.05) is 0 Å². The minimum absolute atomic E-state index is 0.0205. The molecule has 5 heteroatoms. The molecule has 0 aliphatic carbocycles. The van der Waals surface area contributed by atoms with Gasteiger partial charge in [0, 0.05) is 11.1 Å². The zero-order valence-corrected chi connectivity index (χ0v) is 25.8. The Labute approximate surface area is 274 Å². The van der Waals surface area contributed by atoms with Crippen molar-refractivity contribution in [3.05, 3.63) is 186 Å². The molecular weight excluding hydrogens is 574 g/mol. The van der Waals surface area contributed by atoms with Gasteiger partial charge >= 0.3 is 0 Å². The lowest BCUT2D eigenvalue weighted by Gasteiger charge is -2.39. The maximum Gasteiger partial charge on any atom is 0.130 e. The third-order valence-corrected chi connectivity index (χ3v) is 9.55. The highest BCUT2D eigenvalue weighted by atomic mass is 15.4. The van der Waals surface area contributed by atoms with E-state index in [0.717, 1.165) is 5.69 Å². The quantitative estimate of drug-likeness (QED) is 0.147. The van der Waals surface area contributed by atoms with Crippen molar-refractivity contribution in [3.8, 4) is 0 Å². The lowest BCUT2D eigenvalue weighted by Crippen LogP contribution is -2.54. The lowest BCUT2D eigenvalue weighted by molar-refractivity contribution is 0.203. The lowest BCUT2D eigenvalue weighted by atomic mass is 9.96. The van der Waals surface area contributed by atoms with Crippen molar-refractivity contribution >= 4 is 38.6 Å². The molecule has 0 aromatic heterocycles. The number of para-hydroxylation sites is 1. The van der Waals surface area contributed by atoms with Gasteiger partial charge in [-0.25, -0.2) is 0 Å². The van der Waals surface area contributed by atoms with Gasteiger partial charge in [-0.05, 0) is 62.7 Å². The first-order valence-corrected chi connectivity index (χ1v) is 16.3.